The summed E-state index contributed by atoms with van der Waals surface area (Å²) in [6.07, 6.45) is 2.92. The first-order valence-corrected chi connectivity index (χ1v) is 5.11. The highest BCUT2D eigenvalue weighted by Gasteiger charge is 2.32. The highest BCUT2D eigenvalue weighted by atomic mass is 16.2. The second kappa shape index (κ2) is 4.61. The van der Waals surface area contributed by atoms with Gasteiger partial charge in [0.05, 0.1) is 0 Å². The number of nitrogens with one attached hydrogen (secondary N) is 1. The maximum Gasteiger partial charge on any atom is 0.222 e. The summed E-state index contributed by atoms with van der Waals surface area (Å²) in [6.45, 7) is 3.21. The van der Waals surface area contributed by atoms with Crippen molar-refractivity contribution in [2.45, 2.75) is 32.2 Å². The van der Waals surface area contributed by atoms with Crippen molar-refractivity contribution in [1.29, 1.82) is 0 Å². The van der Waals surface area contributed by atoms with Crippen molar-refractivity contribution < 1.29 is 4.79 Å². The molecule has 0 aromatic carbocycles. The lowest BCUT2D eigenvalue weighted by atomic mass is 9.95. The summed E-state index contributed by atoms with van der Waals surface area (Å²) >= 11 is 0. The number of hydrogen-bond acceptors (Lipinski definition) is 2. The number of amides is 1. The molecule has 0 bridgehead atoms. The molecular formula is C10H20N2O. The molecule has 1 amide bonds. The zero-order chi connectivity index (χ0) is 9.84. The average Bonchev–Trinajstić information content (AvgIpc) is 2.45. The Morgan fingerprint density at radius 3 is 2.77 bits per heavy atom. The van der Waals surface area contributed by atoms with E-state index in [9.17, 15) is 4.79 Å². The highest BCUT2D eigenvalue weighted by molar-refractivity contribution is 5.78. The van der Waals surface area contributed by atoms with Crippen LogP contribution in [0, 0.1) is 5.92 Å². The molecule has 76 valence electrons. The molecule has 1 heterocycles. The molecule has 0 spiro atoms. The molecule has 1 aliphatic heterocycles. The van der Waals surface area contributed by atoms with E-state index in [0.717, 1.165) is 25.8 Å². The van der Waals surface area contributed by atoms with Crippen LogP contribution in [0.1, 0.15) is 26.2 Å². The Hall–Kier alpha value is -0.570. The van der Waals surface area contributed by atoms with Gasteiger partial charge >= 0.3 is 0 Å². The summed E-state index contributed by atoms with van der Waals surface area (Å²) in [5.74, 6) is 0.918. The van der Waals surface area contributed by atoms with Crippen molar-refractivity contribution in [3.8, 4) is 0 Å². The second-order valence-corrected chi connectivity index (χ2v) is 3.84. The van der Waals surface area contributed by atoms with Gasteiger partial charge in [-0.3, -0.25) is 4.79 Å². The summed E-state index contributed by atoms with van der Waals surface area (Å²) in [5.41, 5.74) is 0. The quantitative estimate of drug-likeness (QED) is 0.702. The van der Waals surface area contributed by atoms with E-state index in [4.69, 9.17) is 0 Å². The van der Waals surface area contributed by atoms with E-state index >= 15 is 0 Å². The van der Waals surface area contributed by atoms with Gasteiger partial charge in [0.15, 0.2) is 0 Å². The Labute approximate surface area is 80.5 Å². The zero-order valence-corrected chi connectivity index (χ0v) is 8.84. The summed E-state index contributed by atoms with van der Waals surface area (Å²) in [6, 6.07) is 0.463. The van der Waals surface area contributed by atoms with Crippen LogP contribution in [-0.4, -0.2) is 37.5 Å². The van der Waals surface area contributed by atoms with Crippen molar-refractivity contribution in [2.24, 2.45) is 5.92 Å². The second-order valence-electron chi connectivity index (χ2n) is 3.84. The van der Waals surface area contributed by atoms with Gasteiger partial charge in [0.2, 0.25) is 5.91 Å². The van der Waals surface area contributed by atoms with Gasteiger partial charge in [-0.2, -0.15) is 0 Å². The van der Waals surface area contributed by atoms with E-state index in [1.807, 2.05) is 19.0 Å². The number of likely N-dealkylation sites (tertiary alicyclic amines) is 1. The van der Waals surface area contributed by atoms with Crippen LogP contribution in [0.2, 0.25) is 0 Å². The third kappa shape index (κ3) is 2.21. The predicted molar refractivity (Wildman–Crippen MR) is 53.5 cm³/mol. The van der Waals surface area contributed by atoms with Gasteiger partial charge in [-0.25, -0.2) is 0 Å². The SMILES string of the molecule is CCC(CNC)C1CCC(=O)N1C. The number of carbonyl (C=O) groups is 1. The van der Waals surface area contributed by atoms with Gasteiger partial charge in [-0.05, 0) is 25.9 Å². The lowest BCUT2D eigenvalue weighted by molar-refractivity contribution is -0.128. The van der Waals surface area contributed by atoms with Crippen LogP contribution in [0.3, 0.4) is 0 Å². The minimum absolute atomic E-state index is 0.305. The van der Waals surface area contributed by atoms with Crippen LogP contribution in [0.4, 0.5) is 0 Å². The van der Waals surface area contributed by atoms with Gasteiger partial charge in [-0.15, -0.1) is 0 Å². The Balaban J connectivity index is 2.54. The van der Waals surface area contributed by atoms with Crippen LogP contribution >= 0.6 is 0 Å². The van der Waals surface area contributed by atoms with Crippen LogP contribution in [0.15, 0.2) is 0 Å². The smallest absolute Gasteiger partial charge is 0.222 e. The number of nitrogens with zero attached hydrogens (tertiary/aromatic N) is 1. The van der Waals surface area contributed by atoms with Gasteiger partial charge in [0.1, 0.15) is 0 Å². The summed E-state index contributed by atoms with van der Waals surface area (Å²) in [5, 5.41) is 3.19. The lowest BCUT2D eigenvalue weighted by Gasteiger charge is -2.28. The molecule has 0 aromatic heterocycles. The van der Waals surface area contributed by atoms with Crippen LogP contribution < -0.4 is 5.32 Å². The predicted octanol–water partition coefficient (Wildman–Crippen LogP) is 0.853. The fraction of sp³-hybridized carbons (Fsp3) is 0.900. The number of carbonyl (C=O) groups excluding carboxylic acids is 1. The molecule has 1 saturated heterocycles. The molecular weight excluding hydrogens is 164 g/mol. The molecule has 0 aliphatic carbocycles. The highest BCUT2D eigenvalue weighted by Crippen LogP contribution is 2.24. The average molecular weight is 184 g/mol. The van der Waals surface area contributed by atoms with E-state index in [2.05, 4.69) is 12.2 Å². The molecule has 0 aromatic rings. The van der Waals surface area contributed by atoms with Crippen molar-refractivity contribution in [1.82, 2.24) is 10.2 Å². The number of rotatable bonds is 4. The third-order valence-corrected chi connectivity index (χ3v) is 3.08. The molecule has 1 N–H and O–H groups in total. The number of hydrogen-bond donors (Lipinski definition) is 1. The Kier molecular flexibility index (Phi) is 3.72. The van der Waals surface area contributed by atoms with E-state index in [-0.39, 0.29) is 0 Å². The first kappa shape index (κ1) is 10.5. The van der Waals surface area contributed by atoms with Gasteiger partial charge < -0.3 is 10.2 Å². The maximum atomic E-state index is 11.3. The van der Waals surface area contributed by atoms with Crippen molar-refractivity contribution in [2.75, 3.05) is 20.6 Å². The Morgan fingerprint density at radius 2 is 2.38 bits per heavy atom. The molecule has 3 heteroatoms. The largest absolute Gasteiger partial charge is 0.342 e. The molecule has 3 nitrogen and oxygen atoms in total. The van der Waals surface area contributed by atoms with Crippen LogP contribution in [0.25, 0.3) is 0 Å². The van der Waals surface area contributed by atoms with Crippen molar-refractivity contribution in [3.05, 3.63) is 0 Å². The molecule has 13 heavy (non-hydrogen) atoms. The zero-order valence-electron chi connectivity index (χ0n) is 8.84. The third-order valence-electron chi connectivity index (χ3n) is 3.08. The summed E-state index contributed by atoms with van der Waals surface area (Å²) in [7, 11) is 3.90. The summed E-state index contributed by atoms with van der Waals surface area (Å²) < 4.78 is 0. The van der Waals surface area contributed by atoms with Crippen LogP contribution in [-0.2, 0) is 4.79 Å². The first-order valence-electron chi connectivity index (χ1n) is 5.11. The first-order chi connectivity index (χ1) is 6.20. The van der Waals surface area contributed by atoms with Crippen molar-refractivity contribution >= 4 is 5.91 Å². The van der Waals surface area contributed by atoms with Gasteiger partial charge in [-0.1, -0.05) is 13.3 Å². The minimum atomic E-state index is 0.305. The standard InChI is InChI=1S/C10H20N2O/c1-4-8(7-11-2)9-5-6-10(13)12(9)3/h8-9,11H,4-7H2,1-3H3. The fourth-order valence-electron chi connectivity index (χ4n) is 2.19. The van der Waals surface area contributed by atoms with Crippen LogP contribution in [0.5, 0.6) is 0 Å². The molecule has 1 rings (SSSR count). The van der Waals surface area contributed by atoms with E-state index in [1.54, 1.807) is 0 Å². The lowest BCUT2D eigenvalue weighted by Crippen LogP contribution is -2.38. The topological polar surface area (TPSA) is 32.3 Å². The minimum Gasteiger partial charge on any atom is -0.342 e. The van der Waals surface area contributed by atoms with E-state index in [1.165, 1.54) is 0 Å². The molecule has 0 saturated carbocycles. The van der Waals surface area contributed by atoms with Gasteiger partial charge in [0.25, 0.3) is 0 Å². The normalized spacial score (nSPS) is 25.3. The molecule has 0 radical (unpaired) electrons. The van der Waals surface area contributed by atoms with Crippen molar-refractivity contribution in [3.63, 3.8) is 0 Å². The Morgan fingerprint density at radius 1 is 1.69 bits per heavy atom. The summed E-state index contributed by atoms with van der Waals surface area (Å²) in [4.78, 5) is 13.2. The molecule has 2 unspecified atom stereocenters. The fourth-order valence-corrected chi connectivity index (χ4v) is 2.19. The maximum absolute atomic E-state index is 11.3. The molecule has 2 atom stereocenters. The Bertz CT molecular complexity index is 182. The molecule has 1 fully saturated rings. The van der Waals surface area contributed by atoms with Gasteiger partial charge in [0, 0.05) is 19.5 Å². The van der Waals surface area contributed by atoms with E-state index in [0.29, 0.717) is 17.9 Å². The van der Waals surface area contributed by atoms with E-state index < -0.39 is 0 Å². The monoisotopic (exact) mass is 184 g/mol. The molecule has 1 aliphatic rings.